The van der Waals surface area contributed by atoms with Gasteiger partial charge in [0, 0.05) is 17.8 Å². The van der Waals surface area contributed by atoms with E-state index in [1.54, 1.807) is 18.2 Å². The molecule has 0 aliphatic carbocycles. The van der Waals surface area contributed by atoms with Crippen molar-refractivity contribution in [1.82, 2.24) is 25.2 Å². The zero-order valence-electron chi connectivity index (χ0n) is 14.5. The van der Waals surface area contributed by atoms with Gasteiger partial charge in [0.1, 0.15) is 11.5 Å². The number of halogens is 2. The Morgan fingerprint density at radius 2 is 1.86 bits per heavy atom. The predicted molar refractivity (Wildman–Crippen MR) is 98.8 cm³/mol. The molecule has 29 heavy (non-hydrogen) atoms. The Balaban J connectivity index is 1.89. The second-order valence-corrected chi connectivity index (χ2v) is 5.92. The van der Waals surface area contributed by atoms with Gasteiger partial charge in [-0.1, -0.05) is 18.2 Å². The number of aromatic nitrogens is 5. The van der Waals surface area contributed by atoms with Gasteiger partial charge in [0.05, 0.1) is 16.1 Å². The van der Waals surface area contributed by atoms with Crippen molar-refractivity contribution in [1.29, 1.82) is 0 Å². The van der Waals surface area contributed by atoms with Gasteiger partial charge in [-0.3, -0.25) is 10.1 Å². The molecule has 2 heterocycles. The Morgan fingerprint density at radius 1 is 1.07 bits per heavy atom. The van der Waals surface area contributed by atoms with E-state index in [0.29, 0.717) is 11.1 Å². The molecule has 2 aromatic carbocycles. The molecule has 2 aromatic heterocycles. The summed E-state index contributed by atoms with van der Waals surface area (Å²) < 4.78 is 28.8. The minimum Gasteiger partial charge on any atom is -0.383 e. The monoisotopic (exact) mass is 395 g/mol. The second-order valence-electron chi connectivity index (χ2n) is 5.92. The van der Waals surface area contributed by atoms with E-state index in [1.807, 2.05) is 0 Å². The minimum atomic E-state index is -1.14. The molecule has 0 aliphatic heterocycles. The molecule has 0 bridgehead atoms. The van der Waals surface area contributed by atoms with Gasteiger partial charge in [0.15, 0.2) is 17.5 Å². The Labute approximate surface area is 161 Å². The van der Waals surface area contributed by atoms with Gasteiger partial charge >= 0.3 is 0 Å². The molecular weight excluding hydrogens is 384 g/mol. The highest BCUT2D eigenvalue weighted by Crippen LogP contribution is 2.33. The van der Waals surface area contributed by atoms with E-state index in [9.17, 15) is 18.9 Å². The maximum atomic E-state index is 14.2. The van der Waals surface area contributed by atoms with E-state index in [-0.39, 0.29) is 28.6 Å². The number of anilines is 1. The number of nitrogens with zero attached hydrogens (tertiary/aromatic N) is 6. The average Bonchev–Trinajstić information content (AvgIpc) is 3.19. The van der Waals surface area contributed by atoms with Crippen molar-refractivity contribution in [2.75, 3.05) is 5.73 Å². The first-order valence-corrected chi connectivity index (χ1v) is 8.20. The molecule has 0 aliphatic rings. The van der Waals surface area contributed by atoms with Crippen LogP contribution < -0.4 is 5.73 Å². The number of hydrogen-bond donors (Lipinski definition) is 1. The van der Waals surface area contributed by atoms with Gasteiger partial charge in [-0.05, 0) is 34.7 Å². The summed E-state index contributed by atoms with van der Waals surface area (Å²) in [4.78, 5) is 14.9. The van der Waals surface area contributed by atoms with Crippen molar-refractivity contribution in [3.8, 4) is 28.2 Å². The highest BCUT2D eigenvalue weighted by molar-refractivity contribution is 5.80. The van der Waals surface area contributed by atoms with E-state index in [0.717, 1.165) is 10.7 Å². The number of pyridine rings is 1. The zero-order chi connectivity index (χ0) is 20.5. The van der Waals surface area contributed by atoms with Crippen molar-refractivity contribution in [2.24, 2.45) is 0 Å². The molecule has 4 rings (SSSR count). The van der Waals surface area contributed by atoms with Crippen molar-refractivity contribution in [3.05, 3.63) is 76.5 Å². The molecule has 0 unspecified atom stereocenters. The lowest BCUT2D eigenvalue weighted by molar-refractivity contribution is -0.384. The number of benzene rings is 2. The van der Waals surface area contributed by atoms with Crippen LogP contribution in [0.2, 0.25) is 0 Å². The standard InChI is InChI=1S/C18H11F2N7O2/c19-13-5-3-7-15(16(13)20)26-18(23-24-25-26)12-8-10(9-22-17(12)21)11-4-1-2-6-14(11)27(28)29/h1-9H,(H2,21,22). The lowest BCUT2D eigenvalue weighted by Crippen LogP contribution is -2.06. The van der Waals surface area contributed by atoms with Gasteiger partial charge in [0.25, 0.3) is 5.69 Å². The fourth-order valence-corrected chi connectivity index (χ4v) is 2.85. The lowest BCUT2D eigenvalue weighted by atomic mass is 10.0. The molecule has 0 fully saturated rings. The quantitative estimate of drug-likeness (QED) is 0.415. The van der Waals surface area contributed by atoms with E-state index < -0.39 is 16.6 Å². The van der Waals surface area contributed by atoms with Crippen LogP contribution >= 0.6 is 0 Å². The number of nitrogens with two attached hydrogens (primary N) is 1. The van der Waals surface area contributed by atoms with Crippen molar-refractivity contribution >= 4 is 11.5 Å². The van der Waals surface area contributed by atoms with E-state index in [2.05, 4.69) is 20.5 Å². The number of nitrogen functional groups attached to an aromatic ring is 1. The van der Waals surface area contributed by atoms with Crippen LogP contribution in [0.4, 0.5) is 20.3 Å². The normalized spacial score (nSPS) is 10.8. The molecule has 4 aromatic rings. The fraction of sp³-hybridized carbons (Fsp3) is 0. The first-order valence-electron chi connectivity index (χ1n) is 8.20. The first-order chi connectivity index (χ1) is 14.0. The highest BCUT2D eigenvalue weighted by atomic mass is 19.2. The van der Waals surface area contributed by atoms with E-state index in [1.165, 1.54) is 30.5 Å². The van der Waals surface area contributed by atoms with Crippen LogP contribution in [0.1, 0.15) is 0 Å². The number of rotatable bonds is 4. The van der Waals surface area contributed by atoms with Crippen LogP contribution in [0.15, 0.2) is 54.7 Å². The molecule has 0 radical (unpaired) electrons. The van der Waals surface area contributed by atoms with Gasteiger partial charge < -0.3 is 5.73 Å². The molecule has 11 heteroatoms. The summed E-state index contributed by atoms with van der Waals surface area (Å²) in [5.74, 6) is -2.19. The van der Waals surface area contributed by atoms with Crippen LogP contribution in [-0.4, -0.2) is 30.1 Å². The van der Waals surface area contributed by atoms with Gasteiger partial charge in [-0.25, -0.2) is 13.8 Å². The minimum absolute atomic E-state index is 0.0000609. The lowest BCUT2D eigenvalue weighted by Gasteiger charge is -2.10. The van der Waals surface area contributed by atoms with Crippen molar-refractivity contribution in [3.63, 3.8) is 0 Å². The highest BCUT2D eigenvalue weighted by Gasteiger charge is 2.21. The third-order valence-corrected chi connectivity index (χ3v) is 4.20. The molecule has 2 N–H and O–H groups in total. The largest absolute Gasteiger partial charge is 0.383 e. The molecule has 0 saturated heterocycles. The number of tetrazole rings is 1. The number of para-hydroxylation sites is 1. The predicted octanol–water partition coefficient (Wildman–Crippen LogP) is 3.16. The van der Waals surface area contributed by atoms with Gasteiger partial charge in [0.2, 0.25) is 0 Å². The summed E-state index contributed by atoms with van der Waals surface area (Å²) in [6, 6.07) is 11.2. The maximum absolute atomic E-state index is 14.2. The third-order valence-electron chi connectivity index (χ3n) is 4.20. The third kappa shape index (κ3) is 3.14. The van der Waals surface area contributed by atoms with Crippen molar-refractivity contribution < 1.29 is 13.7 Å². The number of nitro groups is 1. The van der Waals surface area contributed by atoms with Crippen LogP contribution in [0.5, 0.6) is 0 Å². The SMILES string of the molecule is Nc1ncc(-c2ccccc2[N+](=O)[O-])cc1-c1nnnn1-c1cccc(F)c1F. The molecule has 0 atom stereocenters. The van der Waals surface area contributed by atoms with Crippen molar-refractivity contribution in [2.45, 2.75) is 0 Å². The maximum Gasteiger partial charge on any atom is 0.277 e. The summed E-state index contributed by atoms with van der Waals surface area (Å²) >= 11 is 0. The van der Waals surface area contributed by atoms with Crippen LogP contribution in [0, 0.1) is 21.7 Å². The summed E-state index contributed by atoms with van der Waals surface area (Å²) in [6.07, 6.45) is 1.37. The van der Waals surface area contributed by atoms with Crippen LogP contribution in [0.3, 0.4) is 0 Å². The van der Waals surface area contributed by atoms with E-state index >= 15 is 0 Å². The van der Waals surface area contributed by atoms with Crippen LogP contribution in [0.25, 0.3) is 28.2 Å². The molecule has 0 saturated carbocycles. The van der Waals surface area contributed by atoms with E-state index in [4.69, 9.17) is 5.73 Å². The first kappa shape index (κ1) is 18.1. The second kappa shape index (κ2) is 7.03. The fourth-order valence-electron chi connectivity index (χ4n) is 2.85. The smallest absolute Gasteiger partial charge is 0.277 e. The van der Waals surface area contributed by atoms with Gasteiger partial charge in [-0.15, -0.1) is 5.10 Å². The molecule has 144 valence electrons. The molecule has 0 amide bonds. The Morgan fingerprint density at radius 3 is 2.66 bits per heavy atom. The van der Waals surface area contributed by atoms with Crippen LogP contribution in [-0.2, 0) is 0 Å². The average molecular weight is 395 g/mol. The summed E-state index contributed by atoms with van der Waals surface area (Å²) in [6.45, 7) is 0. The molecular formula is C18H11F2N7O2. The molecule has 9 nitrogen and oxygen atoms in total. The Kier molecular flexibility index (Phi) is 4.39. The Bertz CT molecular complexity index is 1240. The zero-order valence-corrected chi connectivity index (χ0v) is 14.5. The number of nitro benzene ring substituents is 1. The number of hydrogen-bond acceptors (Lipinski definition) is 7. The van der Waals surface area contributed by atoms with Gasteiger partial charge in [-0.2, -0.15) is 4.68 Å². The summed E-state index contributed by atoms with van der Waals surface area (Å²) in [5.41, 5.74) is 6.50. The summed E-state index contributed by atoms with van der Waals surface area (Å²) in [5, 5.41) is 22.4. The Hall–Kier alpha value is -4.28. The molecule has 0 spiro atoms. The topological polar surface area (TPSA) is 126 Å². The summed E-state index contributed by atoms with van der Waals surface area (Å²) in [7, 11) is 0.